The maximum atomic E-state index is 11.5. The van der Waals surface area contributed by atoms with Gasteiger partial charge >= 0.3 is 0 Å². The second-order valence-corrected chi connectivity index (χ2v) is 3.12. The van der Waals surface area contributed by atoms with Crippen molar-refractivity contribution in [3.63, 3.8) is 0 Å². The highest BCUT2D eigenvalue weighted by Gasteiger charge is 2.10. The third kappa shape index (κ3) is 2.16. The number of hydrogen-bond donors (Lipinski definition) is 3. The zero-order valence-electron chi connectivity index (χ0n) is 8.42. The lowest BCUT2D eigenvalue weighted by atomic mass is 10.3. The SMILES string of the molecule is Nc1cn[nH]c1C(=O)NCCn1ccnn1. The molecule has 0 unspecified atom stereocenters. The van der Waals surface area contributed by atoms with Gasteiger partial charge in [0.15, 0.2) is 0 Å². The van der Waals surface area contributed by atoms with Crippen LogP contribution in [0.4, 0.5) is 5.69 Å². The summed E-state index contributed by atoms with van der Waals surface area (Å²) in [5.74, 6) is -0.282. The second kappa shape index (κ2) is 4.43. The molecule has 16 heavy (non-hydrogen) atoms. The smallest absolute Gasteiger partial charge is 0.271 e. The lowest BCUT2D eigenvalue weighted by Crippen LogP contribution is -2.28. The number of hydrogen-bond acceptors (Lipinski definition) is 5. The number of H-pyrrole nitrogens is 1. The van der Waals surface area contributed by atoms with Crippen LogP contribution in [0, 0.1) is 0 Å². The van der Waals surface area contributed by atoms with Crippen LogP contribution in [-0.4, -0.2) is 37.6 Å². The monoisotopic (exact) mass is 221 g/mol. The van der Waals surface area contributed by atoms with Gasteiger partial charge in [-0.2, -0.15) is 5.10 Å². The summed E-state index contributed by atoms with van der Waals surface area (Å²) in [5, 5.41) is 16.3. The summed E-state index contributed by atoms with van der Waals surface area (Å²) in [7, 11) is 0. The van der Waals surface area contributed by atoms with E-state index in [2.05, 4.69) is 25.8 Å². The number of aromatic nitrogens is 5. The Labute approximate surface area is 90.8 Å². The number of rotatable bonds is 4. The molecule has 4 N–H and O–H groups in total. The molecular formula is C8H11N7O. The van der Waals surface area contributed by atoms with Crippen LogP contribution < -0.4 is 11.1 Å². The first-order chi connectivity index (χ1) is 7.77. The van der Waals surface area contributed by atoms with E-state index in [0.29, 0.717) is 18.8 Å². The van der Waals surface area contributed by atoms with Crippen LogP contribution in [0.3, 0.4) is 0 Å². The van der Waals surface area contributed by atoms with Gasteiger partial charge in [0.25, 0.3) is 5.91 Å². The highest BCUT2D eigenvalue weighted by molar-refractivity contribution is 5.96. The van der Waals surface area contributed by atoms with Crippen molar-refractivity contribution in [2.75, 3.05) is 12.3 Å². The fraction of sp³-hybridized carbons (Fsp3) is 0.250. The van der Waals surface area contributed by atoms with Crippen LogP contribution in [0.1, 0.15) is 10.5 Å². The molecule has 84 valence electrons. The molecule has 0 aliphatic rings. The topological polar surface area (TPSA) is 115 Å². The van der Waals surface area contributed by atoms with Crippen molar-refractivity contribution >= 4 is 11.6 Å². The maximum Gasteiger partial charge on any atom is 0.271 e. The summed E-state index contributed by atoms with van der Waals surface area (Å²) >= 11 is 0. The molecule has 0 aromatic carbocycles. The normalized spacial score (nSPS) is 10.2. The maximum absolute atomic E-state index is 11.5. The number of nitrogens with two attached hydrogens (primary N) is 1. The summed E-state index contributed by atoms with van der Waals surface area (Å²) < 4.78 is 1.62. The van der Waals surface area contributed by atoms with Gasteiger partial charge in [-0.3, -0.25) is 14.6 Å². The molecular weight excluding hydrogens is 210 g/mol. The fourth-order valence-corrected chi connectivity index (χ4v) is 1.20. The standard InChI is InChI=1S/C8H11N7O/c9-6-5-12-13-7(6)8(16)10-1-3-15-4-2-11-14-15/h2,4-5H,1,3,9H2,(H,10,16)(H,12,13). The number of aromatic amines is 1. The van der Waals surface area contributed by atoms with E-state index in [0.717, 1.165) is 0 Å². The van der Waals surface area contributed by atoms with E-state index < -0.39 is 0 Å². The average Bonchev–Trinajstić information content (AvgIpc) is 2.88. The lowest BCUT2D eigenvalue weighted by Gasteiger charge is -2.03. The van der Waals surface area contributed by atoms with Gasteiger partial charge in [-0.1, -0.05) is 5.21 Å². The fourth-order valence-electron chi connectivity index (χ4n) is 1.20. The van der Waals surface area contributed by atoms with Crippen molar-refractivity contribution in [1.29, 1.82) is 0 Å². The van der Waals surface area contributed by atoms with Gasteiger partial charge in [0.05, 0.1) is 24.6 Å². The van der Waals surface area contributed by atoms with Gasteiger partial charge in [0.1, 0.15) is 5.69 Å². The highest BCUT2D eigenvalue weighted by Crippen LogP contribution is 2.04. The Balaban J connectivity index is 1.83. The van der Waals surface area contributed by atoms with Crippen LogP contribution in [-0.2, 0) is 6.54 Å². The molecule has 1 amide bonds. The van der Waals surface area contributed by atoms with E-state index in [-0.39, 0.29) is 11.6 Å². The van der Waals surface area contributed by atoms with E-state index in [1.165, 1.54) is 6.20 Å². The molecule has 0 fully saturated rings. The molecule has 0 spiro atoms. The van der Waals surface area contributed by atoms with Crippen molar-refractivity contribution in [2.45, 2.75) is 6.54 Å². The quantitative estimate of drug-likeness (QED) is 0.613. The molecule has 0 aliphatic carbocycles. The molecule has 2 rings (SSSR count). The molecule has 2 aromatic rings. The van der Waals surface area contributed by atoms with E-state index in [4.69, 9.17) is 5.73 Å². The number of carbonyl (C=O) groups excluding carboxylic acids is 1. The highest BCUT2D eigenvalue weighted by atomic mass is 16.1. The summed E-state index contributed by atoms with van der Waals surface area (Å²) in [6.07, 6.45) is 4.69. The first-order valence-corrected chi connectivity index (χ1v) is 4.68. The Kier molecular flexibility index (Phi) is 2.81. The molecule has 8 nitrogen and oxygen atoms in total. The number of nitrogens with zero attached hydrogens (tertiary/aromatic N) is 4. The average molecular weight is 221 g/mol. The number of carbonyl (C=O) groups is 1. The van der Waals surface area contributed by atoms with E-state index in [1.807, 2.05) is 0 Å². The lowest BCUT2D eigenvalue weighted by molar-refractivity contribution is 0.0947. The van der Waals surface area contributed by atoms with E-state index in [9.17, 15) is 4.79 Å². The summed E-state index contributed by atoms with van der Waals surface area (Å²) in [6.45, 7) is 1.00. The minimum Gasteiger partial charge on any atom is -0.396 e. The van der Waals surface area contributed by atoms with Gasteiger partial charge in [-0.15, -0.1) is 5.10 Å². The first kappa shape index (κ1) is 10.1. The zero-order chi connectivity index (χ0) is 11.4. The van der Waals surface area contributed by atoms with Gasteiger partial charge < -0.3 is 11.1 Å². The van der Waals surface area contributed by atoms with E-state index >= 15 is 0 Å². The molecule has 0 aliphatic heterocycles. The Morgan fingerprint density at radius 2 is 2.50 bits per heavy atom. The van der Waals surface area contributed by atoms with Crippen molar-refractivity contribution in [1.82, 2.24) is 30.5 Å². The number of amides is 1. The zero-order valence-corrected chi connectivity index (χ0v) is 8.42. The molecule has 0 radical (unpaired) electrons. The van der Waals surface area contributed by atoms with Crippen molar-refractivity contribution in [3.8, 4) is 0 Å². The number of nitrogen functional groups attached to an aromatic ring is 1. The summed E-state index contributed by atoms with van der Waals surface area (Å²) in [5.41, 5.74) is 6.13. The van der Waals surface area contributed by atoms with Crippen LogP contribution in [0.2, 0.25) is 0 Å². The molecule has 2 heterocycles. The number of anilines is 1. The largest absolute Gasteiger partial charge is 0.396 e. The predicted octanol–water partition coefficient (Wildman–Crippen LogP) is -0.987. The van der Waals surface area contributed by atoms with Crippen molar-refractivity contribution < 1.29 is 4.79 Å². The Bertz CT molecular complexity index is 460. The molecule has 0 atom stereocenters. The van der Waals surface area contributed by atoms with Crippen molar-refractivity contribution in [2.24, 2.45) is 0 Å². The Morgan fingerprint density at radius 1 is 1.62 bits per heavy atom. The molecule has 8 heteroatoms. The Hall–Kier alpha value is -2.38. The van der Waals surface area contributed by atoms with Gasteiger partial charge in [0, 0.05) is 12.7 Å². The molecule has 0 saturated carbocycles. The van der Waals surface area contributed by atoms with E-state index in [1.54, 1.807) is 17.1 Å². The second-order valence-electron chi connectivity index (χ2n) is 3.12. The minimum absolute atomic E-state index is 0.276. The predicted molar refractivity (Wildman–Crippen MR) is 55.4 cm³/mol. The summed E-state index contributed by atoms with van der Waals surface area (Å²) in [6, 6.07) is 0. The van der Waals surface area contributed by atoms with Gasteiger partial charge in [-0.25, -0.2) is 0 Å². The minimum atomic E-state index is -0.282. The molecule has 2 aromatic heterocycles. The van der Waals surface area contributed by atoms with Gasteiger partial charge in [0.2, 0.25) is 0 Å². The Morgan fingerprint density at radius 3 is 3.12 bits per heavy atom. The third-order valence-electron chi connectivity index (χ3n) is 1.99. The number of nitrogens with one attached hydrogen (secondary N) is 2. The molecule has 0 saturated heterocycles. The van der Waals surface area contributed by atoms with Crippen molar-refractivity contribution in [3.05, 3.63) is 24.3 Å². The van der Waals surface area contributed by atoms with Crippen LogP contribution in [0.5, 0.6) is 0 Å². The van der Waals surface area contributed by atoms with Crippen LogP contribution in [0.25, 0.3) is 0 Å². The van der Waals surface area contributed by atoms with Crippen LogP contribution >= 0.6 is 0 Å². The van der Waals surface area contributed by atoms with Gasteiger partial charge in [-0.05, 0) is 0 Å². The first-order valence-electron chi connectivity index (χ1n) is 4.68. The summed E-state index contributed by atoms with van der Waals surface area (Å²) in [4.78, 5) is 11.5. The molecule has 0 bridgehead atoms. The third-order valence-corrected chi connectivity index (χ3v) is 1.99. The van der Waals surface area contributed by atoms with Crippen LogP contribution in [0.15, 0.2) is 18.6 Å².